The maximum Gasteiger partial charge on any atom is 0.420 e. The van der Waals surface area contributed by atoms with Crippen LogP contribution in [0.3, 0.4) is 0 Å². The van der Waals surface area contributed by atoms with Gasteiger partial charge in [-0.3, -0.25) is 4.90 Å². The van der Waals surface area contributed by atoms with Crippen molar-refractivity contribution in [3.8, 4) is 5.75 Å². The molecule has 0 fully saturated rings. The van der Waals surface area contributed by atoms with Gasteiger partial charge < -0.3 is 4.74 Å². The number of nitrogens with zero attached hydrogens (tertiary/aromatic N) is 1. The zero-order valence-corrected chi connectivity index (χ0v) is 11.3. The Kier molecular flexibility index (Phi) is 4.26. The van der Waals surface area contributed by atoms with E-state index in [1.165, 1.54) is 4.90 Å². The SMILES string of the molecule is CN(C(=O)Oc1ccccc1)C(=S)c1ccccc1. The lowest BCUT2D eigenvalue weighted by atomic mass is 10.2. The van der Waals surface area contributed by atoms with Crippen molar-refractivity contribution >= 4 is 23.3 Å². The molecule has 0 aliphatic heterocycles. The van der Waals surface area contributed by atoms with E-state index < -0.39 is 6.09 Å². The summed E-state index contributed by atoms with van der Waals surface area (Å²) < 4.78 is 5.22. The molecule has 2 aromatic carbocycles. The Morgan fingerprint density at radius 3 is 2.11 bits per heavy atom. The molecule has 0 saturated carbocycles. The van der Waals surface area contributed by atoms with Gasteiger partial charge in [-0.1, -0.05) is 60.7 Å². The molecule has 0 N–H and O–H groups in total. The number of amides is 1. The van der Waals surface area contributed by atoms with Crippen molar-refractivity contribution in [1.82, 2.24) is 4.90 Å². The molecule has 0 heterocycles. The lowest BCUT2D eigenvalue weighted by Gasteiger charge is -2.17. The summed E-state index contributed by atoms with van der Waals surface area (Å²) in [5.74, 6) is 0.496. The molecule has 4 heteroatoms. The van der Waals surface area contributed by atoms with Crippen LogP contribution in [0.4, 0.5) is 4.79 Å². The van der Waals surface area contributed by atoms with Gasteiger partial charge in [0.1, 0.15) is 10.7 Å². The lowest BCUT2D eigenvalue weighted by Crippen LogP contribution is -2.34. The van der Waals surface area contributed by atoms with E-state index in [4.69, 9.17) is 17.0 Å². The first-order valence-electron chi connectivity index (χ1n) is 5.78. The van der Waals surface area contributed by atoms with E-state index in [1.54, 1.807) is 31.3 Å². The van der Waals surface area contributed by atoms with Crippen molar-refractivity contribution < 1.29 is 9.53 Å². The number of benzene rings is 2. The summed E-state index contributed by atoms with van der Waals surface area (Å²) in [4.78, 5) is 13.7. The van der Waals surface area contributed by atoms with Crippen molar-refractivity contribution in [1.29, 1.82) is 0 Å². The summed E-state index contributed by atoms with van der Waals surface area (Å²) in [7, 11) is 1.60. The molecule has 3 nitrogen and oxygen atoms in total. The highest BCUT2D eigenvalue weighted by Gasteiger charge is 2.16. The Balaban J connectivity index is 2.06. The number of carbonyl (C=O) groups is 1. The smallest absolute Gasteiger partial charge is 0.410 e. The zero-order chi connectivity index (χ0) is 13.7. The van der Waals surface area contributed by atoms with Gasteiger partial charge in [-0.15, -0.1) is 0 Å². The fourth-order valence-electron chi connectivity index (χ4n) is 1.52. The van der Waals surface area contributed by atoms with Gasteiger partial charge in [0.25, 0.3) is 0 Å². The summed E-state index contributed by atoms with van der Waals surface area (Å²) >= 11 is 5.26. The van der Waals surface area contributed by atoms with Gasteiger partial charge in [0.15, 0.2) is 0 Å². The summed E-state index contributed by atoms with van der Waals surface area (Å²) in [6, 6.07) is 18.3. The number of para-hydroxylation sites is 1. The standard InChI is InChI=1S/C15H13NO2S/c1-16(14(19)12-8-4-2-5-9-12)15(17)18-13-10-6-3-7-11-13/h2-11H,1H3. The predicted octanol–water partition coefficient (Wildman–Crippen LogP) is 3.49. The largest absolute Gasteiger partial charge is 0.420 e. The molecule has 0 unspecified atom stereocenters. The summed E-state index contributed by atoms with van der Waals surface area (Å²) in [6.07, 6.45) is -0.500. The van der Waals surface area contributed by atoms with E-state index in [0.29, 0.717) is 10.7 Å². The molecule has 0 spiro atoms. The van der Waals surface area contributed by atoms with E-state index in [-0.39, 0.29) is 0 Å². The molecule has 2 aromatic rings. The van der Waals surface area contributed by atoms with Crippen LogP contribution in [0.1, 0.15) is 5.56 Å². The molecule has 0 aliphatic rings. The van der Waals surface area contributed by atoms with Gasteiger partial charge >= 0.3 is 6.09 Å². The van der Waals surface area contributed by atoms with Gasteiger partial charge in [0.05, 0.1) is 0 Å². The summed E-state index contributed by atoms with van der Waals surface area (Å²) in [6.45, 7) is 0. The van der Waals surface area contributed by atoms with E-state index in [9.17, 15) is 4.79 Å². The molecule has 0 aliphatic carbocycles. The average molecular weight is 271 g/mol. The normalized spacial score (nSPS) is 9.74. The van der Waals surface area contributed by atoms with Crippen molar-refractivity contribution in [3.63, 3.8) is 0 Å². The van der Waals surface area contributed by atoms with Gasteiger partial charge in [0, 0.05) is 12.6 Å². The van der Waals surface area contributed by atoms with Crippen LogP contribution in [0.15, 0.2) is 60.7 Å². The molecule has 0 saturated heterocycles. The molecule has 2 rings (SSSR count). The van der Waals surface area contributed by atoms with Gasteiger partial charge in [0.2, 0.25) is 0 Å². The van der Waals surface area contributed by atoms with Crippen LogP contribution in [0.2, 0.25) is 0 Å². The van der Waals surface area contributed by atoms with Crippen LogP contribution < -0.4 is 4.74 Å². The molecule has 0 aromatic heterocycles. The van der Waals surface area contributed by atoms with E-state index in [1.807, 2.05) is 36.4 Å². The minimum atomic E-state index is -0.500. The molecule has 0 radical (unpaired) electrons. The lowest BCUT2D eigenvalue weighted by molar-refractivity contribution is 0.183. The summed E-state index contributed by atoms with van der Waals surface area (Å²) in [5.41, 5.74) is 0.810. The second kappa shape index (κ2) is 6.11. The van der Waals surface area contributed by atoms with E-state index >= 15 is 0 Å². The Bertz CT molecular complexity index is 569. The van der Waals surface area contributed by atoms with Crippen LogP contribution >= 0.6 is 12.2 Å². The Morgan fingerprint density at radius 2 is 1.53 bits per heavy atom. The molecule has 0 bridgehead atoms. The number of ether oxygens (including phenoxy) is 1. The highest BCUT2D eigenvalue weighted by molar-refractivity contribution is 7.80. The minimum absolute atomic E-state index is 0.432. The zero-order valence-electron chi connectivity index (χ0n) is 10.4. The number of thiocarbonyl (C=S) groups is 1. The topological polar surface area (TPSA) is 29.5 Å². The molecule has 0 atom stereocenters. The highest BCUT2D eigenvalue weighted by atomic mass is 32.1. The first-order valence-corrected chi connectivity index (χ1v) is 6.19. The predicted molar refractivity (Wildman–Crippen MR) is 78.4 cm³/mol. The number of hydrogen-bond acceptors (Lipinski definition) is 3. The average Bonchev–Trinajstić information content (AvgIpc) is 2.47. The third-order valence-electron chi connectivity index (χ3n) is 2.55. The van der Waals surface area contributed by atoms with Crippen molar-refractivity contribution in [2.24, 2.45) is 0 Å². The quantitative estimate of drug-likeness (QED) is 0.783. The summed E-state index contributed by atoms with van der Waals surface area (Å²) in [5, 5.41) is 0. The maximum absolute atomic E-state index is 11.9. The molecular weight excluding hydrogens is 258 g/mol. The van der Waals surface area contributed by atoms with Crippen LogP contribution in [0, 0.1) is 0 Å². The van der Waals surface area contributed by atoms with E-state index in [2.05, 4.69) is 0 Å². The van der Waals surface area contributed by atoms with Crippen LogP contribution in [-0.2, 0) is 0 Å². The van der Waals surface area contributed by atoms with Gasteiger partial charge in [-0.25, -0.2) is 4.79 Å². The molecular formula is C15H13NO2S. The number of carbonyl (C=O) groups excluding carboxylic acids is 1. The van der Waals surface area contributed by atoms with Gasteiger partial charge in [-0.05, 0) is 12.1 Å². The second-order valence-corrected chi connectivity index (χ2v) is 4.30. The fraction of sp³-hybridized carbons (Fsp3) is 0.0667. The molecule has 96 valence electrons. The third kappa shape index (κ3) is 3.39. The number of hydrogen-bond donors (Lipinski definition) is 0. The van der Waals surface area contributed by atoms with Crippen molar-refractivity contribution in [2.75, 3.05) is 7.05 Å². The Hall–Kier alpha value is -2.20. The Morgan fingerprint density at radius 1 is 1.00 bits per heavy atom. The fourth-order valence-corrected chi connectivity index (χ4v) is 1.73. The first-order chi connectivity index (χ1) is 9.18. The monoisotopic (exact) mass is 271 g/mol. The molecule has 19 heavy (non-hydrogen) atoms. The Labute approximate surface area is 117 Å². The molecule has 1 amide bonds. The van der Waals surface area contributed by atoms with Crippen molar-refractivity contribution in [3.05, 3.63) is 66.2 Å². The maximum atomic E-state index is 11.9. The first kappa shape index (κ1) is 13.2. The van der Waals surface area contributed by atoms with Gasteiger partial charge in [-0.2, -0.15) is 0 Å². The number of rotatable bonds is 2. The van der Waals surface area contributed by atoms with Crippen molar-refractivity contribution in [2.45, 2.75) is 0 Å². The van der Waals surface area contributed by atoms with E-state index in [0.717, 1.165) is 5.56 Å². The second-order valence-electron chi connectivity index (χ2n) is 3.91. The van der Waals surface area contributed by atoms with Crippen LogP contribution in [0.25, 0.3) is 0 Å². The third-order valence-corrected chi connectivity index (χ3v) is 3.06. The van der Waals surface area contributed by atoms with Crippen LogP contribution in [0.5, 0.6) is 5.75 Å². The highest BCUT2D eigenvalue weighted by Crippen LogP contribution is 2.11. The minimum Gasteiger partial charge on any atom is -0.410 e. The van der Waals surface area contributed by atoms with Crippen LogP contribution in [-0.4, -0.2) is 23.0 Å².